The first kappa shape index (κ1) is 22.9. The number of methoxy groups -OCH3 is 1. The molecule has 1 aromatic heterocycles. The molecule has 0 saturated heterocycles. The van der Waals surface area contributed by atoms with Crippen LogP contribution in [-0.2, 0) is 27.8 Å². The zero-order chi connectivity index (χ0) is 23.3. The molecule has 33 heavy (non-hydrogen) atoms. The van der Waals surface area contributed by atoms with E-state index in [0.29, 0.717) is 11.4 Å². The van der Waals surface area contributed by atoms with Crippen LogP contribution >= 0.6 is 0 Å². The van der Waals surface area contributed by atoms with Gasteiger partial charge in [0, 0.05) is 37.2 Å². The van der Waals surface area contributed by atoms with Crippen LogP contribution in [-0.4, -0.2) is 42.7 Å². The second kappa shape index (κ2) is 10.1. The van der Waals surface area contributed by atoms with Gasteiger partial charge in [-0.05, 0) is 61.4 Å². The van der Waals surface area contributed by atoms with Crippen molar-refractivity contribution < 1.29 is 17.9 Å². The topological polar surface area (TPSA) is 115 Å². The number of amides is 1. The molecule has 4 rings (SSSR count). The highest BCUT2D eigenvalue weighted by Gasteiger charge is 2.17. The molecular weight excluding hydrogens is 442 g/mol. The first-order chi connectivity index (χ1) is 16.0. The van der Waals surface area contributed by atoms with Gasteiger partial charge in [-0.2, -0.15) is 0 Å². The molecule has 0 saturated carbocycles. The van der Waals surface area contributed by atoms with Crippen LogP contribution in [0.4, 0.5) is 5.69 Å². The van der Waals surface area contributed by atoms with Crippen molar-refractivity contribution in [2.45, 2.75) is 43.5 Å². The summed E-state index contributed by atoms with van der Waals surface area (Å²) in [6, 6.07) is 13.5. The number of hydrogen-bond donors (Lipinski definition) is 2. The molecule has 0 aliphatic carbocycles. The summed E-state index contributed by atoms with van der Waals surface area (Å²) in [6.45, 7) is 0.909. The van der Waals surface area contributed by atoms with Gasteiger partial charge in [-0.25, -0.2) is 13.1 Å². The lowest BCUT2D eigenvalue weighted by Gasteiger charge is -2.10. The van der Waals surface area contributed by atoms with E-state index in [0.717, 1.165) is 43.0 Å². The van der Waals surface area contributed by atoms with Crippen LogP contribution in [0.2, 0.25) is 0 Å². The standard InChI is InChI=1S/C23H27N5O4S/c1-32-19-10-12-20(13-11-19)33(30,31)24-15-14-22(29)25-18-8-6-17(7-9-18)23-27-26-21-5-3-2-4-16-28(21)23/h6-13,24H,2-5,14-16H2,1H3,(H,25,29). The molecule has 2 N–H and O–H groups in total. The van der Waals surface area contributed by atoms with Crippen LogP contribution in [0, 0.1) is 0 Å². The Bertz CT molecular complexity index is 1200. The summed E-state index contributed by atoms with van der Waals surface area (Å²) in [5.74, 6) is 2.16. The molecule has 1 amide bonds. The van der Waals surface area contributed by atoms with Crippen molar-refractivity contribution in [1.29, 1.82) is 0 Å². The molecule has 0 atom stereocenters. The van der Waals surface area contributed by atoms with E-state index in [9.17, 15) is 13.2 Å². The summed E-state index contributed by atoms with van der Waals surface area (Å²) >= 11 is 0. The third kappa shape index (κ3) is 5.58. The van der Waals surface area contributed by atoms with Crippen LogP contribution in [0.5, 0.6) is 5.75 Å². The predicted octanol–water partition coefficient (Wildman–Crippen LogP) is 2.99. The zero-order valence-electron chi connectivity index (χ0n) is 18.5. The van der Waals surface area contributed by atoms with E-state index >= 15 is 0 Å². The number of anilines is 1. The van der Waals surface area contributed by atoms with Crippen molar-refractivity contribution in [2.75, 3.05) is 19.0 Å². The molecule has 0 unspecified atom stereocenters. The second-order valence-corrected chi connectivity index (χ2v) is 9.62. The van der Waals surface area contributed by atoms with E-state index in [4.69, 9.17) is 4.74 Å². The molecule has 2 aromatic carbocycles. The average molecular weight is 470 g/mol. The van der Waals surface area contributed by atoms with Crippen LogP contribution in [0.15, 0.2) is 53.4 Å². The summed E-state index contributed by atoms with van der Waals surface area (Å²) in [5, 5.41) is 11.5. The third-order valence-corrected chi connectivity index (χ3v) is 7.03. The van der Waals surface area contributed by atoms with E-state index in [1.165, 1.54) is 25.7 Å². The minimum atomic E-state index is -3.70. The highest BCUT2D eigenvalue weighted by Crippen LogP contribution is 2.24. The number of sulfonamides is 1. The minimum Gasteiger partial charge on any atom is -0.497 e. The predicted molar refractivity (Wildman–Crippen MR) is 124 cm³/mol. The first-order valence-corrected chi connectivity index (χ1v) is 12.4. The van der Waals surface area contributed by atoms with Gasteiger partial charge < -0.3 is 14.6 Å². The average Bonchev–Trinajstić information content (AvgIpc) is 3.07. The minimum absolute atomic E-state index is 0.00875. The number of hydrogen-bond acceptors (Lipinski definition) is 6. The lowest BCUT2D eigenvalue weighted by Crippen LogP contribution is -2.27. The molecule has 1 aliphatic heterocycles. The van der Waals surface area contributed by atoms with E-state index in [1.54, 1.807) is 12.1 Å². The smallest absolute Gasteiger partial charge is 0.240 e. The van der Waals surface area contributed by atoms with E-state index in [-0.39, 0.29) is 23.8 Å². The molecule has 2 heterocycles. The Morgan fingerprint density at radius 1 is 1.03 bits per heavy atom. The molecule has 0 bridgehead atoms. The number of rotatable bonds is 8. The number of nitrogens with one attached hydrogen (secondary N) is 2. The van der Waals surface area contributed by atoms with Gasteiger partial charge in [0.2, 0.25) is 15.9 Å². The van der Waals surface area contributed by atoms with Crippen molar-refractivity contribution in [3.63, 3.8) is 0 Å². The summed E-state index contributed by atoms with van der Waals surface area (Å²) in [5.41, 5.74) is 1.58. The Morgan fingerprint density at radius 3 is 2.52 bits per heavy atom. The molecule has 0 spiro atoms. The maximum atomic E-state index is 12.3. The molecule has 0 fully saturated rings. The van der Waals surface area contributed by atoms with Crippen molar-refractivity contribution in [3.05, 3.63) is 54.4 Å². The first-order valence-electron chi connectivity index (χ1n) is 10.9. The Morgan fingerprint density at radius 2 is 1.79 bits per heavy atom. The van der Waals surface area contributed by atoms with E-state index in [2.05, 4.69) is 24.8 Å². The Hall–Kier alpha value is -3.24. The van der Waals surface area contributed by atoms with Gasteiger partial charge >= 0.3 is 0 Å². The number of aryl methyl sites for hydroxylation is 1. The number of ether oxygens (including phenoxy) is 1. The molecule has 9 nitrogen and oxygen atoms in total. The number of aromatic nitrogens is 3. The molecule has 1 aliphatic rings. The lowest BCUT2D eigenvalue weighted by molar-refractivity contribution is -0.116. The van der Waals surface area contributed by atoms with Crippen LogP contribution in [0.3, 0.4) is 0 Å². The maximum absolute atomic E-state index is 12.3. The van der Waals surface area contributed by atoms with Crippen LogP contribution in [0.25, 0.3) is 11.4 Å². The van der Waals surface area contributed by atoms with Gasteiger partial charge in [0.1, 0.15) is 11.6 Å². The van der Waals surface area contributed by atoms with Gasteiger partial charge in [-0.15, -0.1) is 10.2 Å². The summed E-state index contributed by atoms with van der Waals surface area (Å²) in [6.07, 6.45) is 4.41. The summed E-state index contributed by atoms with van der Waals surface area (Å²) in [7, 11) is -2.18. The van der Waals surface area contributed by atoms with E-state index < -0.39 is 10.0 Å². The van der Waals surface area contributed by atoms with Crippen molar-refractivity contribution in [2.24, 2.45) is 0 Å². The van der Waals surface area contributed by atoms with Crippen LogP contribution < -0.4 is 14.8 Å². The molecule has 10 heteroatoms. The van der Waals surface area contributed by atoms with Gasteiger partial charge in [0.05, 0.1) is 12.0 Å². The fourth-order valence-electron chi connectivity index (χ4n) is 3.76. The fourth-order valence-corrected chi connectivity index (χ4v) is 4.79. The maximum Gasteiger partial charge on any atom is 0.240 e. The van der Waals surface area contributed by atoms with Crippen molar-refractivity contribution in [3.8, 4) is 17.1 Å². The highest BCUT2D eigenvalue weighted by atomic mass is 32.2. The fraction of sp³-hybridized carbons (Fsp3) is 0.348. The zero-order valence-corrected chi connectivity index (χ0v) is 19.3. The second-order valence-electron chi connectivity index (χ2n) is 7.85. The van der Waals surface area contributed by atoms with Gasteiger partial charge in [0.25, 0.3) is 0 Å². The quantitative estimate of drug-likeness (QED) is 0.524. The van der Waals surface area contributed by atoms with Gasteiger partial charge in [0.15, 0.2) is 5.82 Å². The normalized spacial score (nSPS) is 13.7. The SMILES string of the molecule is COc1ccc(S(=O)(=O)NCCC(=O)Nc2ccc(-c3nnc4n3CCCCC4)cc2)cc1. The number of nitrogens with zero attached hydrogens (tertiary/aromatic N) is 3. The largest absolute Gasteiger partial charge is 0.497 e. The Labute approximate surface area is 193 Å². The number of benzene rings is 2. The monoisotopic (exact) mass is 469 g/mol. The number of fused-ring (bicyclic) bond motifs is 1. The lowest BCUT2D eigenvalue weighted by atomic mass is 10.2. The van der Waals surface area contributed by atoms with E-state index in [1.807, 2.05) is 24.3 Å². The van der Waals surface area contributed by atoms with Crippen molar-refractivity contribution in [1.82, 2.24) is 19.5 Å². The van der Waals surface area contributed by atoms with Crippen LogP contribution in [0.1, 0.15) is 31.5 Å². The van der Waals surface area contributed by atoms with Crippen molar-refractivity contribution >= 4 is 21.6 Å². The number of carbonyl (C=O) groups is 1. The molecule has 174 valence electrons. The highest BCUT2D eigenvalue weighted by molar-refractivity contribution is 7.89. The Balaban J connectivity index is 1.30. The third-order valence-electron chi connectivity index (χ3n) is 5.55. The Kier molecular flexibility index (Phi) is 7.05. The molecule has 3 aromatic rings. The van der Waals surface area contributed by atoms with Gasteiger partial charge in [-0.1, -0.05) is 6.42 Å². The van der Waals surface area contributed by atoms with Gasteiger partial charge in [-0.3, -0.25) is 4.79 Å². The summed E-state index contributed by atoms with van der Waals surface area (Å²) in [4.78, 5) is 12.4. The number of carbonyl (C=O) groups excluding carboxylic acids is 1. The molecule has 0 radical (unpaired) electrons. The summed E-state index contributed by atoms with van der Waals surface area (Å²) < 4.78 is 34.3. The molecular formula is C23H27N5O4S.